The molecule has 2 rings (SSSR count). The van der Waals surface area contributed by atoms with Crippen molar-refractivity contribution in [1.29, 1.82) is 0 Å². The molecule has 1 aromatic rings. The van der Waals surface area contributed by atoms with Gasteiger partial charge in [-0.25, -0.2) is 0 Å². The van der Waals surface area contributed by atoms with E-state index in [0.717, 1.165) is 38.2 Å². The van der Waals surface area contributed by atoms with Crippen LogP contribution in [0.4, 0.5) is 0 Å². The number of hydrogen-bond donors (Lipinski definition) is 2. The number of nitrogens with zero attached hydrogens (tertiary/aromatic N) is 1. The van der Waals surface area contributed by atoms with Gasteiger partial charge in [0.15, 0.2) is 0 Å². The van der Waals surface area contributed by atoms with E-state index in [1.165, 1.54) is 0 Å². The maximum absolute atomic E-state index is 9.11. The molecule has 0 aliphatic carbocycles. The molecule has 4 nitrogen and oxygen atoms in total. The Morgan fingerprint density at radius 1 is 1.56 bits per heavy atom. The molecular weight excluding hydrogens is 228 g/mol. The first-order chi connectivity index (χ1) is 8.62. The SMILES string of the molecule is CC1(C)CCNC(CCO)CN1Cc1ccco1. The van der Waals surface area contributed by atoms with Gasteiger partial charge in [0, 0.05) is 24.7 Å². The first-order valence-electron chi connectivity index (χ1n) is 6.73. The lowest BCUT2D eigenvalue weighted by Crippen LogP contribution is -2.46. The fourth-order valence-corrected chi connectivity index (χ4v) is 2.54. The highest BCUT2D eigenvalue weighted by Gasteiger charge is 2.31. The first kappa shape index (κ1) is 13.6. The third kappa shape index (κ3) is 3.34. The Kier molecular flexibility index (Phi) is 4.43. The fourth-order valence-electron chi connectivity index (χ4n) is 2.54. The van der Waals surface area contributed by atoms with Crippen LogP contribution in [0.3, 0.4) is 0 Å². The van der Waals surface area contributed by atoms with Gasteiger partial charge in [0.2, 0.25) is 0 Å². The predicted octanol–water partition coefficient (Wildman–Crippen LogP) is 1.60. The van der Waals surface area contributed by atoms with Crippen LogP contribution >= 0.6 is 0 Å². The standard InChI is InChI=1S/C14H24N2O2/c1-14(2)6-7-15-12(5-8-17)10-16(14)11-13-4-3-9-18-13/h3-4,9,12,15,17H,5-8,10-11H2,1-2H3. The summed E-state index contributed by atoms with van der Waals surface area (Å²) in [5.41, 5.74) is 0.157. The molecule has 0 aromatic carbocycles. The Hall–Kier alpha value is -0.840. The molecule has 1 aromatic heterocycles. The summed E-state index contributed by atoms with van der Waals surface area (Å²) in [6, 6.07) is 4.32. The van der Waals surface area contributed by atoms with Crippen LogP contribution in [0, 0.1) is 0 Å². The van der Waals surface area contributed by atoms with Crippen LogP contribution in [0.5, 0.6) is 0 Å². The average Bonchev–Trinajstić information content (AvgIpc) is 2.76. The summed E-state index contributed by atoms with van der Waals surface area (Å²) in [7, 11) is 0. The van der Waals surface area contributed by atoms with Crippen molar-refractivity contribution in [2.75, 3.05) is 19.7 Å². The van der Waals surface area contributed by atoms with E-state index in [1.807, 2.05) is 12.1 Å². The van der Waals surface area contributed by atoms with Crippen LogP contribution in [-0.4, -0.2) is 41.3 Å². The van der Waals surface area contributed by atoms with Gasteiger partial charge in [0.1, 0.15) is 5.76 Å². The van der Waals surface area contributed by atoms with Crippen molar-refractivity contribution in [3.63, 3.8) is 0 Å². The monoisotopic (exact) mass is 252 g/mol. The number of aliphatic hydroxyl groups excluding tert-OH is 1. The van der Waals surface area contributed by atoms with Crippen molar-refractivity contribution in [1.82, 2.24) is 10.2 Å². The smallest absolute Gasteiger partial charge is 0.117 e. The summed E-state index contributed by atoms with van der Waals surface area (Å²) in [4.78, 5) is 2.45. The van der Waals surface area contributed by atoms with E-state index in [0.29, 0.717) is 6.04 Å². The average molecular weight is 252 g/mol. The molecule has 0 saturated carbocycles. The van der Waals surface area contributed by atoms with Gasteiger partial charge in [-0.1, -0.05) is 0 Å². The van der Waals surface area contributed by atoms with Crippen molar-refractivity contribution in [2.45, 2.75) is 44.8 Å². The predicted molar refractivity (Wildman–Crippen MR) is 71.3 cm³/mol. The summed E-state index contributed by atoms with van der Waals surface area (Å²) >= 11 is 0. The number of nitrogens with one attached hydrogen (secondary N) is 1. The molecule has 1 atom stereocenters. The second kappa shape index (κ2) is 5.87. The van der Waals surface area contributed by atoms with Crippen molar-refractivity contribution in [2.24, 2.45) is 0 Å². The summed E-state index contributed by atoms with van der Waals surface area (Å²) in [6.07, 6.45) is 3.64. The Labute approximate surface area is 109 Å². The summed E-state index contributed by atoms with van der Waals surface area (Å²) in [6.45, 7) is 7.59. The van der Waals surface area contributed by atoms with E-state index in [2.05, 4.69) is 24.1 Å². The molecule has 102 valence electrons. The van der Waals surface area contributed by atoms with Crippen LogP contribution in [0.1, 0.15) is 32.4 Å². The van der Waals surface area contributed by atoms with Gasteiger partial charge in [-0.3, -0.25) is 4.90 Å². The number of rotatable bonds is 4. The molecule has 1 saturated heterocycles. The maximum Gasteiger partial charge on any atom is 0.117 e. The molecule has 1 unspecified atom stereocenters. The highest BCUT2D eigenvalue weighted by atomic mass is 16.3. The van der Waals surface area contributed by atoms with Gasteiger partial charge in [-0.05, 0) is 45.4 Å². The molecule has 1 fully saturated rings. The van der Waals surface area contributed by atoms with Gasteiger partial charge >= 0.3 is 0 Å². The minimum Gasteiger partial charge on any atom is -0.468 e. The Morgan fingerprint density at radius 3 is 3.06 bits per heavy atom. The van der Waals surface area contributed by atoms with E-state index in [1.54, 1.807) is 6.26 Å². The second-order valence-corrected chi connectivity index (χ2v) is 5.69. The number of hydrogen-bond acceptors (Lipinski definition) is 4. The maximum atomic E-state index is 9.11. The minimum atomic E-state index is 0.157. The van der Waals surface area contributed by atoms with Crippen LogP contribution in [0.15, 0.2) is 22.8 Å². The Balaban J connectivity index is 2.06. The van der Waals surface area contributed by atoms with E-state index in [4.69, 9.17) is 9.52 Å². The zero-order valence-corrected chi connectivity index (χ0v) is 11.4. The van der Waals surface area contributed by atoms with E-state index in [9.17, 15) is 0 Å². The van der Waals surface area contributed by atoms with Crippen molar-refractivity contribution in [3.8, 4) is 0 Å². The van der Waals surface area contributed by atoms with E-state index in [-0.39, 0.29) is 12.1 Å². The van der Waals surface area contributed by atoms with Crippen molar-refractivity contribution in [3.05, 3.63) is 24.2 Å². The molecule has 0 amide bonds. The Bertz CT molecular complexity index is 349. The highest BCUT2D eigenvalue weighted by Crippen LogP contribution is 2.24. The summed E-state index contributed by atoms with van der Waals surface area (Å²) in [5, 5.41) is 12.6. The van der Waals surface area contributed by atoms with Crippen LogP contribution in [0.2, 0.25) is 0 Å². The van der Waals surface area contributed by atoms with Crippen molar-refractivity contribution < 1.29 is 9.52 Å². The molecule has 0 radical (unpaired) electrons. The van der Waals surface area contributed by atoms with Gasteiger partial charge in [-0.15, -0.1) is 0 Å². The molecule has 4 heteroatoms. The van der Waals surface area contributed by atoms with E-state index >= 15 is 0 Å². The van der Waals surface area contributed by atoms with Crippen molar-refractivity contribution >= 4 is 0 Å². The topological polar surface area (TPSA) is 48.6 Å². The van der Waals surface area contributed by atoms with Gasteiger partial charge < -0.3 is 14.8 Å². The molecule has 0 bridgehead atoms. The lowest BCUT2D eigenvalue weighted by Gasteiger charge is -2.37. The molecule has 1 aliphatic heterocycles. The normalized spacial score (nSPS) is 24.9. The van der Waals surface area contributed by atoms with Gasteiger partial charge in [-0.2, -0.15) is 0 Å². The van der Waals surface area contributed by atoms with Crippen LogP contribution in [-0.2, 0) is 6.54 Å². The third-order valence-corrected chi connectivity index (χ3v) is 3.87. The summed E-state index contributed by atoms with van der Waals surface area (Å²) < 4.78 is 5.45. The molecule has 1 aliphatic rings. The molecule has 2 N–H and O–H groups in total. The second-order valence-electron chi connectivity index (χ2n) is 5.69. The quantitative estimate of drug-likeness (QED) is 0.854. The highest BCUT2D eigenvalue weighted by molar-refractivity contribution is 5.00. The number of furan rings is 1. The molecule has 18 heavy (non-hydrogen) atoms. The molecule has 2 heterocycles. The lowest BCUT2D eigenvalue weighted by atomic mass is 9.98. The van der Waals surface area contributed by atoms with Crippen LogP contribution in [0.25, 0.3) is 0 Å². The lowest BCUT2D eigenvalue weighted by molar-refractivity contribution is 0.0980. The molecular formula is C14H24N2O2. The third-order valence-electron chi connectivity index (χ3n) is 3.87. The summed E-state index contributed by atoms with van der Waals surface area (Å²) in [5.74, 6) is 1.01. The van der Waals surface area contributed by atoms with Gasteiger partial charge in [0.25, 0.3) is 0 Å². The van der Waals surface area contributed by atoms with E-state index < -0.39 is 0 Å². The van der Waals surface area contributed by atoms with Gasteiger partial charge in [0.05, 0.1) is 12.8 Å². The largest absolute Gasteiger partial charge is 0.468 e. The minimum absolute atomic E-state index is 0.157. The molecule has 0 spiro atoms. The zero-order valence-electron chi connectivity index (χ0n) is 11.4. The first-order valence-corrected chi connectivity index (χ1v) is 6.73. The number of aliphatic hydroxyl groups is 1. The van der Waals surface area contributed by atoms with Crippen LogP contribution < -0.4 is 5.32 Å². The zero-order chi connectivity index (χ0) is 13.0. The Morgan fingerprint density at radius 2 is 2.39 bits per heavy atom. The fraction of sp³-hybridized carbons (Fsp3) is 0.714.